The summed E-state index contributed by atoms with van der Waals surface area (Å²) in [5.41, 5.74) is 2.20. The highest BCUT2D eigenvalue weighted by atomic mass is 16.5. The lowest BCUT2D eigenvalue weighted by Crippen LogP contribution is -2.41. The Labute approximate surface area is 113 Å². The molecule has 0 aliphatic carbocycles. The minimum atomic E-state index is -0.252. The molecule has 0 bridgehead atoms. The third-order valence-corrected chi connectivity index (χ3v) is 3.58. The molecule has 1 atom stereocenters. The summed E-state index contributed by atoms with van der Waals surface area (Å²) in [6.45, 7) is 6.75. The van der Waals surface area contributed by atoms with E-state index in [9.17, 15) is 9.90 Å². The maximum absolute atomic E-state index is 11.6. The lowest BCUT2D eigenvalue weighted by molar-refractivity contribution is -0.120. The maximum atomic E-state index is 11.6. The summed E-state index contributed by atoms with van der Waals surface area (Å²) in [5, 5.41) is 9.83. The highest BCUT2D eigenvalue weighted by Crippen LogP contribution is 2.32. The van der Waals surface area contributed by atoms with Crippen LogP contribution in [0.3, 0.4) is 0 Å². The van der Waals surface area contributed by atoms with Gasteiger partial charge >= 0.3 is 0 Å². The first-order chi connectivity index (χ1) is 9.06. The summed E-state index contributed by atoms with van der Waals surface area (Å²) in [6, 6.07) is 3.34. The summed E-state index contributed by atoms with van der Waals surface area (Å²) < 4.78 is 5.11. The number of hydrogen-bond donors (Lipinski definition) is 1. The molecule has 1 aromatic carbocycles. The van der Waals surface area contributed by atoms with Gasteiger partial charge in [0.15, 0.2) is 17.3 Å². The quantitative estimate of drug-likeness (QED) is 0.841. The number of hydrogen-bond acceptors (Lipinski definition) is 4. The monoisotopic (exact) mass is 261 g/mol. The standard InChI is InChI=1S/C15H19NO3/c1-4-13(10(2)17)16-6-5-11-8-15(19-3)14(18)7-12(11)9-16/h4,7-8,13,18H,1,5-6,9H2,2-3H3. The maximum Gasteiger partial charge on any atom is 0.160 e. The van der Waals surface area contributed by atoms with Crippen LogP contribution in [0.1, 0.15) is 18.1 Å². The molecule has 0 fully saturated rings. The first-order valence-corrected chi connectivity index (χ1v) is 6.32. The molecule has 0 saturated carbocycles. The van der Waals surface area contributed by atoms with Crippen LogP contribution in [0.15, 0.2) is 24.8 Å². The van der Waals surface area contributed by atoms with E-state index in [-0.39, 0.29) is 17.6 Å². The van der Waals surface area contributed by atoms with Crippen LogP contribution >= 0.6 is 0 Å². The van der Waals surface area contributed by atoms with Crippen LogP contribution in [0.4, 0.5) is 0 Å². The van der Waals surface area contributed by atoms with Gasteiger partial charge in [-0.3, -0.25) is 9.69 Å². The summed E-state index contributed by atoms with van der Waals surface area (Å²) in [4.78, 5) is 13.6. The van der Waals surface area contributed by atoms with Crippen molar-refractivity contribution in [2.24, 2.45) is 0 Å². The predicted molar refractivity (Wildman–Crippen MR) is 73.4 cm³/mol. The van der Waals surface area contributed by atoms with Gasteiger partial charge in [0.25, 0.3) is 0 Å². The number of carbonyl (C=O) groups is 1. The number of phenolic OH excluding ortho intramolecular Hbond substituents is 1. The molecule has 1 aromatic rings. The molecule has 0 radical (unpaired) electrons. The Morgan fingerprint density at radius 1 is 1.53 bits per heavy atom. The van der Waals surface area contributed by atoms with Crippen molar-refractivity contribution < 1.29 is 14.6 Å². The van der Waals surface area contributed by atoms with E-state index in [1.54, 1.807) is 26.2 Å². The van der Waals surface area contributed by atoms with Crippen LogP contribution in [0.2, 0.25) is 0 Å². The first-order valence-electron chi connectivity index (χ1n) is 6.32. The smallest absolute Gasteiger partial charge is 0.160 e. The van der Waals surface area contributed by atoms with Crippen LogP contribution in [0, 0.1) is 0 Å². The Balaban J connectivity index is 2.27. The first kappa shape index (κ1) is 13.6. The van der Waals surface area contributed by atoms with Gasteiger partial charge in [-0.15, -0.1) is 6.58 Å². The Bertz CT molecular complexity index is 510. The number of ether oxygens (including phenoxy) is 1. The average molecular weight is 261 g/mol. The fraction of sp³-hybridized carbons (Fsp3) is 0.400. The second-order valence-corrected chi connectivity index (χ2v) is 4.80. The van der Waals surface area contributed by atoms with Crippen molar-refractivity contribution in [3.63, 3.8) is 0 Å². The molecule has 1 N–H and O–H groups in total. The number of aromatic hydroxyl groups is 1. The van der Waals surface area contributed by atoms with E-state index in [1.165, 1.54) is 0 Å². The van der Waals surface area contributed by atoms with Crippen molar-refractivity contribution in [2.45, 2.75) is 25.9 Å². The number of methoxy groups -OCH3 is 1. The second-order valence-electron chi connectivity index (χ2n) is 4.80. The molecule has 1 aliphatic rings. The molecule has 1 heterocycles. The molecule has 19 heavy (non-hydrogen) atoms. The zero-order valence-electron chi connectivity index (χ0n) is 11.3. The van der Waals surface area contributed by atoms with Crippen LogP contribution < -0.4 is 4.74 Å². The number of Topliss-reactive ketones (excluding diaryl/α,β-unsaturated/α-hetero) is 1. The molecular formula is C15H19NO3. The number of rotatable bonds is 4. The minimum absolute atomic E-state index is 0.0937. The molecule has 0 spiro atoms. The highest BCUT2D eigenvalue weighted by Gasteiger charge is 2.25. The molecular weight excluding hydrogens is 242 g/mol. The van der Waals surface area contributed by atoms with Gasteiger partial charge in [0, 0.05) is 13.1 Å². The van der Waals surface area contributed by atoms with Gasteiger partial charge in [-0.2, -0.15) is 0 Å². The third kappa shape index (κ3) is 2.63. The number of fused-ring (bicyclic) bond motifs is 1. The summed E-state index contributed by atoms with van der Waals surface area (Å²) in [6.07, 6.45) is 2.51. The second kappa shape index (κ2) is 5.45. The van der Waals surface area contributed by atoms with Crippen molar-refractivity contribution in [3.8, 4) is 11.5 Å². The van der Waals surface area contributed by atoms with E-state index >= 15 is 0 Å². The number of carbonyl (C=O) groups excluding carboxylic acids is 1. The van der Waals surface area contributed by atoms with E-state index in [4.69, 9.17) is 4.74 Å². The topological polar surface area (TPSA) is 49.8 Å². The van der Waals surface area contributed by atoms with E-state index < -0.39 is 0 Å². The lowest BCUT2D eigenvalue weighted by atomic mass is 9.97. The summed E-state index contributed by atoms with van der Waals surface area (Å²) in [5.74, 6) is 0.733. The molecule has 4 heteroatoms. The van der Waals surface area contributed by atoms with Crippen molar-refractivity contribution in [2.75, 3.05) is 13.7 Å². The zero-order chi connectivity index (χ0) is 14.0. The van der Waals surface area contributed by atoms with E-state index in [0.717, 1.165) is 24.1 Å². The van der Waals surface area contributed by atoms with E-state index in [1.807, 2.05) is 6.07 Å². The highest BCUT2D eigenvalue weighted by molar-refractivity contribution is 5.83. The number of benzene rings is 1. The van der Waals surface area contributed by atoms with Gasteiger partial charge in [-0.25, -0.2) is 0 Å². The molecule has 2 rings (SSSR count). The van der Waals surface area contributed by atoms with Crippen LogP contribution in [0.5, 0.6) is 11.5 Å². The van der Waals surface area contributed by atoms with Gasteiger partial charge in [0.2, 0.25) is 0 Å². The molecule has 4 nitrogen and oxygen atoms in total. The van der Waals surface area contributed by atoms with Crippen LogP contribution in [-0.4, -0.2) is 35.5 Å². The van der Waals surface area contributed by atoms with Crippen molar-refractivity contribution >= 4 is 5.78 Å². The van der Waals surface area contributed by atoms with E-state index in [2.05, 4.69) is 11.5 Å². The minimum Gasteiger partial charge on any atom is -0.504 e. The van der Waals surface area contributed by atoms with Crippen molar-refractivity contribution in [1.82, 2.24) is 4.90 Å². The average Bonchev–Trinajstić information content (AvgIpc) is 2.38. The lowest BCUT2D eigenvalue weighted by Gasteiger charge is -2.33. The fourth-order valence-corrected chi connectivity index (χ4v) is 2.57. The summed E-state index contributed by atoms with van der Waals surface area (Å²) >= 11 is 0. The molecule has 1 aliphatic heterocycles. The van der Waals surface area contributed by atoms with Crippen molar-refractivity contribution in [3.05, 3.63) is 35.9 Å². The van der Waals surface area contributed by atoms with Gasteiger partial charge in [0.05, 0.1) is 13.2 Å². The number of nitrogens with zero attached hydrogens (tertiary/aromatic N) is 1. The van der Waals surface area contributed by atoms with Gasteiger partial charge in [0.1, 0.15) is 0 Å². The van der Waals surface area contributed by atoms with Gasteiger partial charge in [-0.1, -0.05) is 6.08 Å². The molecule has 1 unspecified atom stereocenters. The normalized spacial score (nSPS) is 16.5. The Kier molecular flexibility index (Phi) is 3.90. The number of ketones is 1. The largest absolute Gasteiger partial charge is 0.504 e. The predicted octanol–water partition coefficient (Wildman–Crippen LogP) is 1.90. The summed E-state index contributed by atoms with van der Waals surface area (Å²) in [7, 11) is 1.54. The Morgan fingerprint density at radius 3 is 2.84 bits per heavy atom. The third-order valence-electron chi connectivity index (χ3n) is 3.58. The molecule has 102 valence electrons. The molecule has 0 aromatic heterocycles. The SMILES string of the molecule is C=CC(C(C)=O)N1CCc2cc(OC)c(O)cc2C1. The number of phenols is 1. The van der Waals surface area contributed by atoms with Crippen molar-refractivity contribution in [1.29, 1.82) is 0 Å². The van der Waals surface area contributed by atoms with Gasteiger partial charge < -0.3 is 9.84 Å². The Morgan fingerprint density at radius 2 is 2.26 bits per heavy atom. The Hall–Kier alpha value is -1.81. The molecule has 0 amide bonds. The fourth-order valence-electron chi connectivity index (χ4n) is 2.57. The van der Waals surface area contributed by atoms with Crippen LogP contribution in [-0.2, 0) is 17.8 Å². The molecule has 0 saturated heterocycles. The van der Waals surface area contributed by atoms with Gasteiger partial charge in [-0.05, 0) is 36.6 Å². The van der Waals surface area contributed by atoms with E-state index in [0.29, 0.717) is 12.3 Å². The zero-order valence-corrected chi connectivity index (χ0v) is 11.3. The van der Waals surface area contributed by atoms with Crippen LogP contribution in [0.25, 0.3) is 0 Å².